The Morgan fingerprint density at radius 3 is 2.67 bits per heavy atom. The lowest BCUT2D eigenvalue weighted by Crippen LogP contribution is -2.25. The van der Waals surface area contributed by atoms with Crippen LogP contribution in [0.4, 0.5) is 10.5 Å². The van der Waals surface area contributed by atoms with Crippen LogP contribution in [0.15, 0.2) is 64.5 Å². The maximum atomic E-state index is 12.5. The van der Waals surface area contributed by atoms with Gasteiger partial charge in [-0.15, -0.1) is 0 Å². The van der Waals surface area contributed by atoms with Gasteiger partial charge in [-0.3, -0.25) is 14.8 Å². The molecule has 0 N–H and O–H groups in total. The second-order valence-electron chi connectivity index (χ2n) is 6.39. The van der Waals surface area contributed by atoms with Crippen molar-refractivity contribution in [2.24, 2.45) is 9.98 Å². The van der Waals surface area contributed by atoms with Crippen molar-refractivity contribution in [2.45, 2.75) is 0 Å². The number of rotatable bonds is 5. The van der Waals surface area contributed by atoms with Gasteiger partial charge in [0.25, 0.3) is 5.91 Å². The lowest BCUT2D eigenvalue weighted by atomic mass is 10.2. The Morgan fingerprint density at radius 1 is 1.20 bits per heavy atom. The first-order chi connectivity index (χ1) is 14.5. The predicted molar refractivity (Wildman–Crippen MR) is 113 cm³/mol. The van der Waals surface area contributed by atoms with Crippen LogP contribution < -0.4 is 14.4 Å². The molecule has 0 fully saturated rings. The van der Waals surface area contributed by atoms with E-state index in [-0.39, 0.29) is 17.1 Å². The molecule has 0 spiro atoms. The van der Waals surface area contributed by atoms with E-state index in [1.807, 2.05) is 29.2 Å². The number of nitrogens with zero attached hydrogens (tertiary/aromatic N) is 5. The number of hydrogen-bond donors (Lipinski definition) is 0. The third-order valence-corrected chi connectivity index (χ3v) is 4.08. The molecule has 0 atom stereocenters. The number of pyridine rings is 1. The monoisotopic (exact) mass is 407 g/mol. The molecule has 154 valence electrons. The van der Waals surface area contributed by atoms with Crippen molar-refractivity contribution >= 4 is 30.1 Å². The Balaban J connectivity index is 1.75. The molecule has 30 heavy (non-hydrogen) atoms. The summed E-state index contributed by atoms with van der Waals surface area (Å²) >= 11 is 0. The SMILES string of the molecule is COc1ccc(N2C=C(C(=O)N=Cc3ncccc3OC(=O)N(C)C)N=CC2)cc1. The van der Waals surface area contributed by atoms with Crippen molar-refractivity contribution in [3.8, 4) is 11.5 Å². The molecule has 2 aromatic rings. The minimum atomic E-state index is -0.557. The molecule has 3 rings (SSSR count). The van der Waals surface area contributed by atoms with E-state index in [4.69, 9.17) is 9.47 Å². The molecule has 2 amide bonds. The highest BCUT2D eigenvalue weighted by atomic mass is 16.6. The average molecular weight is 407 g/mol. The normalized spacial score (nSPS) is 13.2. The van der Waals surface area contributed by atoms with Gasteiger partial charge in [0.1, 0.15) is 17.1 Å². The average Bonchev–Trinajstić information content (AvgIpc) is 2.78. The first kappa shape index (κ1) is 20.7. The van der Waals surface area contributed by atoms with Crippen LogP contribution in [0.25, 0.3) is 0 Å². The standard InChI is InChI=1S/C21H21N5O4/c1-25(2)21(28)30-19-5-4-10-22-17(19)13-24-20(27)18-14-26(12-11-23-18)15-6-8-16(29-3)9-7-15/h4-11,13-14H,12H2,1-3H3. The number of anilines is 1. The predicted octanol–water partition coefficient (Wildman–Crippen LogP) is 2.53. The molecule has 0 radical (unpaired) electrons. The summed E-state index contributed by atoms with van der Waals surface area (Å²) in [6.07, 6.45) is 5.48. The topological polar surface area (TPSA) is 96.7 Å². The molecule has 1 aromatic carbocycles. The van der Waals surface area contributed by atoms with E-state index < -0.39 is 12.0 Å². The van der Waals surface area contributed by atoms with Gasteiger partial charge in [-0.05, 0) is 36.4 Å². The largest absolute Gasteiger partial charge is 0.497 e. The van der Waals surface area contributed by atoms with Crippen LogP contribution in [-0.4, -0.2) is 62.1 Å². The number of aromatic nitrogens is 1. The Kier molecular flexibility index (Phi) is 6.53. The summed E-state index contributed by atoms with van der Waals surface area (Å²) in [7, 11) is 4.74. The van der Waals surface area contributed by atoms with Gasteiger partial charge in [0.2, 0.25) is 0 Å². The summed E-state index contributed by atoms with van der Waals surface area (Å²) in [6, 6.07) is 10.7. The van der Waals surface area contributed by atoms with Gasteiger partial charge in [-0.1, -0.05) is 0 Å². The second-order valence-corrected chi connectivity index (χ2v) is 6.39. The number of carbonyl (C=O) groups is 2. The van der Waals surface area contributed by atoms with Crippen molar-refractivity contribution in [1.29, 1.82) is 0 Å². The van der Waals surface area contributed by atoms with E-state index >= 15 is 0 Å². The molecule has 2 heterocycles. The smallest absolute Gasteiger partial charge is 0.414 e. The number of ether oxygens (including phenoxy) is 2. The molecular weight excluding hydrogens is 386 g/mol. The van der Waals surface area contributed by atoms with Gasteiger partial charge in [0, 0.05) is 38.4 Å². The fraction of sp³-hybridized carbons (Fsp3) is 0.190. The van der Waals surface area contributed by atoms with Crippen LogP contribution >= 0.6 is 0 Å². The Hall–Kier alpha value is -4.01. The lowest BCUT2D eigenvalue weighted by molar-refractivity contribution is -0.114. The van der Waals surface area contributed by atoms with Crippen molar-refractivity contribution < 1.29 is 19.1 Å². The fourth-order valence-electron chi connectivity index (χ4n) is 2.48. The molecule has 0 saturated carbocycles. The molecule has 0 saturated heterocycles. The molecule has 9 nitrogen and oxygen atoms in total. The molecule has 0 bridgehead atoms. The maximum Gasteiger partial charge on any atom is 0.414 e. The molecular formula is C21H21N5O4. The van der Waals surface area contributed by atoms with Crippen LogP contribution in [0.1, 0.15) is 5.69 Å². The molecule has 1 aliphatic heterocycles. The van der Waals surface area contributed by atoms with E-state index in [0.717, 1.165) is 11.4 Å². The van der Waals surface area contributed by atoms with Gasteiger partial charge < -0.3 is 19.3 Å². The highest BCUT2D eigenvalue weighted by Gasteiger charge is 2.15. The second kappa shape index (κ2) is 9.46. The van der Waals surface area contributed by atoms with Crippen LogP contribution in [0, 0.1) is 0 Å². The van der Waals surface area contributed by atoms with Gasteiger partial charge >= 0.3 is 6.09 Å². The molecule has 0 aliphatic carbocycles. The number of aliphatic imine (C=N–C) groups is 2. The molecule has 1 aromatic heterocycles. The van der Waals surface area contributed by atoms with Crippen LogP contribution in [-0.2, 0) is 4.79 Å². The zero-order chi connectivity index (χ0) is 21.5. The van der Waals surface area contributed by atoms with Crippen LogP contribution in [0.3, 0.4) is 0 Å². The number of amides is 2. The van der Waals surface area contributed by atoms with E-state index in [1.54, 1.807) is 45.8 Å². The first-order valence-electron chi connectivity index (χ1n) is 9.05. The minimum Gasteiger partial charge on any atom is -0.497 e. The number of methoxy groups -OCH3 is 1. The summed E-state index contributed by atoms with van der Waals surface area (Å²) in [4.78, 5) is 39.6. The number of carbonyl (C=O) groups excluding carboxylic acids is 2. The summed E-state index contributed by atoms with van der Waals surface area (Å²) in [6.45, 7) is 0.525. The van der Waals surface area contributed by atoms with Gasteiger partial charge in [-0.25, -0.2) is 9.79 Å². The number of benzene rings is 1. The lowest BCUT2D eigenvalue weighted by Gasteiger charge is -2.21. The highest BCUT2D eigenvalue weighted by Crippen LogP contribution is 2.22. The van der Waals surface area contributed by atoms with Crippen LogP contribution in [0.2, 0.25) is 0 Å². The highest BCUT2D eigenvalue weighted by molar-refractivity contribution is 6.03. The summed E-state index contributed by atoms with van der Waals surface area (Å²) < 4.78 is 10.4. The van der Waals surface area contributed by atoms with E-state index in [1.165, 1.54) is 17.3 Å². The van der Waals surface area contributed by atoms with Crippen LogP contribution in [0.5, 0.6) is 11.5 Å². The molecule has 0 unspecified atom stereocenters. The van der Waals surface area contributed by atoms with E-state index in [2.05, 4.69) is 15.0 Å². The van der Waals surface area contributed by atoms with Crippen molar-refractivity contribution in [1.82, 2.24) is 9.88 Å². The van der Waals surface area contributed by atoms with Crippen molar-refractivity contribution in [2.75, 3.05) is 32.6 Å². The Labute approximate surface area is 174 Å². The van der Waals surface area contributed by atoms with E-state index in [9.17, 15) is 9.59 Å². The first-order valence-corrected chi connectivity index (χ1v) is 9.05. The van der Waals surface area contributed by atoms with Gasteiger partial charge in [0.15, 0.2) is 5.75 Å². The van der Waals surface area contributed by atoms with Gasteiger partial charge in [-0.2, -0.15) is 0 Å². The Bertz CT molecular complexity index is 1010. The molecule has 1 aliphatic rings. The minimum absolute atomic E-state index is 0.177. The van der Waals surface area contributed by atoms with Crippen molar-refractivity contribution in [3.63, 3.8) is 0 Å². The number of hydrogen-bond acceptors (Lipinski definition) is 7. The zero-order valence-electron chi connectivity index (χ0n) is 16.8. The van der Waals surface area contributed by atoms with Gasteiger partial charge in [0.05, 0.1) is 19.9 Å². The summed E-state index contributed by atoms with van der Waals surface area (Å²) in [5.41, 5.74) is 1.32. The zero-order valence-corrected chi connectivity index (χ0v) is 16.8. The third kappa shape index (κ3) is 5.07. The van der Waals surface area contributed by atoms with Crippen molar-refractivity contribution in [3.05, 3.63) is 60.2 Å². The third-order valence-electron chi connectivity index (χ3n) is 4.08. The Morgan fingerprint density at radius 2 is 1.97 bits per heavy atom. The van der Waals surface area contributed by atoms with E-state index in [0.29, 0.717) is 6.54 Å². The summed E-state index contributed by atoms with van der Waals surface area (Å²) in [5.74, 6) is 0.407. The summed E-state index contributed by atoms with van der Waals surface area (Å²) in [5, 5.41) is 0. The molecule has 9 heteroatoms. The quantitative estimate of drug-likeness (QED) is 0.707. The fourth-order valence-corrected chi connectivity index (χ4v) is 2.48. The maximum absolute atomic E-state index is 12.5.